The van der Waals surface area contributed by atoms with Crippen LogP contribution < -0.4 is 24.5 Å². The highest BCUT2D eigenvalue weighted by Crippen LogP contribution is 2.37. The van der Waals surface area contributed by atoms with Crippen LogP contribution in [0.25, 0.3) is 10.9 Å². The van der Waals surface area contributed by atoms with Gasteiger partial charge in [-0.15, -0.1) is 5.10 Å². The van der Waals surface area contributed by atoms with Gasteiger partial charge in [-0.2, -0.15) is 0 Å². The molecule has 11 nitrogen and oxygen atoms in total. The molecular weight excluding hydrogens is 512 g/mol. The van der Waals surface area contributed by atoms with Gasteiger partial charge in [0.25, 0.3) is 5.56 Å². The number of aromatic nitrogens is 5. The van der Waals surface area contributed by atoms with Crippen molar-refractivity contribution < 1.29 is 18.9 Å². The number of pyridine rings is 1. The minimum atomic E-state index is -0.134. The summed E-state index contributed by atoms with van der Waals surface area (Å²) in [6, 6.07) is 11.9. The molecular formula is C29H32N6O5. The fraction of sp³-hybridized carbons (Fsp3) is 0.448. The topological polar surface area (TPSA) is 117 Å². The number of rotatable bonds is 8. The fourth-order valence-electron chi connectivity index (χ4n) is 6.11. The Morgan fingerprint density at radius 1 is 0.975 bits per heavy atom. The molecule has 0 saturated heterocycles. The Morgan fingerprint density at radius 2 is 1.75 bits per heavy atom. The second-order valence-corrected chi connectivity index (χ2v) is 10.6. The molecule has 2 aliphatic heterocycles. The average Bonchev–Trinajstić information content (AvgIpc) is 3.75. The Kier molecular flexibility index (Phi) is 6.51. The van der Waals surface area contributed by atoms with Crippen LogP contribution in [0.1, 0.15) is 68.1 Å². The van der Waals surface area contributed by atoms with Crippen molar-refractivity contribution in [1.29, 1.82) is 0 Å². The van der Waals surface area contributed by atoms with E-state index >= 15 is 0 Å². The van der Waals surface area contributed by atoms with Gasteiger partial charge in [-0.1, -0.05) is 25.8 Å². The third-order valence-corrected chi connectivity index (χ3v) is 8.09. The lowest BCUT2D eigenvalue weighted by molar-refractivity contribution is 0.157. The zero-order valence-electron chi connectivity index (χ0n) is 22.5. The Labute approximate surface area is 231 Å². The number of hydrogen-bond acceptors (Lipinski definition) is 9. The van der Waals surface area contributed by atoms with E-state index in [9.17, 15) is 4.79 Å². The fourth-order valence-corrected chi connectivity index (χ4v) is 6.11. The van der Waals surface area contributed by atoms with Gasteiger partial charge in [0, 0.05) is 30.1 Å². The molecule has 0 spiro atoms. The van der Waals surface area contributed by atoms with Gasteiger partial charge in [0.15, 0.2) is 28.8 Å². The van der Waals surface area contributed by atoms with Crippen LogP contribution in [0.3, 0.4) is 0 Å². The van der Waals surface area contributed by atoms with Gasteiger partial charge in [0.2, 0.25) is 6.79 Å². The Balaban J connectivity index is 1.26. The lowest BCUT2D eigenvalue weighted by atomic mass is 10.1. The third-order valence-electron chi connectivity index (χ3n) is 8.09. The number of hydrogen-bond donors (Lipinski definition) is 1. The smallest absolute Gasteiger partial charge is 0.252 e. The number of ether oxygens (including phenoxy) is 4. The van der Waals surface area contributed by atoms with Gasteiger partial charge in [-0.3, -0.25) is 9.69 Å². The standard InChI is InChI=1S/C29H32N6O5/c1-2-23(28-31-32-33-35(28)21-5-3-4-6-21)34(15-18-7-8-24-25(11-18)40-17-39-24)16-20-12-19-13-26-27(38-10-9-37-26)14-22(19)30-29(20)36/h7-8,11-14,21,23H,2-6,9-10,15-17H2,1H3,(H,30,36)/t23-/m1/s1. The quantitative estimate of drug-likeness (QED) is 0.347. The van der Waals surface area contributed by atoms with Crippen molar-refractivity contribution in [2.75, 3.05) is 20.0 Å². The zero-order chi connectivity index (χ0) is 27.1. The zero-order valence-corrected chi connectivity index (χ0v) is 22.5. The average molecular weight is 545 g/mol. The number of fused-ring (bicyclic) bond motifs is 3. The minimum Gasteiger partial charge on any atom is -0.486 e. The summed E-state index contributed by atoms with van der Waals surface area (Å²) in [4.78, 5) is 18.7. The van der Waals surface area contributed by atoms with Crippen molar-refractivity contribution in [3.8, 4) is 23.0 Å². The van der Waals surface area contributed by atoms with Crippen LogP contribution in [0.2, 0.25) is 0 Å². The van der Waals surface area contributed by atoms with E-state index < -0.39 is 0 Å². The van der Waals surface area contributed by atoms with E-state index in [0.717, 1.165) is 53.1 Å². The molecule has 11 heteroatoms. The van der Waals surface area contributed by atoms with Crippen LogP contribution >= 0.6 is 0 Å². The SMILES string of the molecule is CC[C@H](c1nnnn1C1CCCC1)N(Cc1ccc2c(c1)OCO2)Cc1cc2cc3c(cc2[nH]c1=O)OCCO3. The van der Waals surface area contributed by atoms with E-state index in [2.05, 4.69) is 32.3 Å². The molecule has 40 heavy (non-hydrogen) atoms. The van der Waals surface area contributed by atoms with Crippen molar-refractivity contribution in [3.63, 3.8) is 0 Å². The molecule has 0 amide bonds. The molecule has 3 aliphatic rings. The van der Waals surface area contributed by atoms with E-state index in [0.29, 0.717) is 49.4 Å². The van der Waals surface area contributed by atoms with E-state index in [1.54, 1.807) is 0 Å². The first-order valence-electron chi connectivity index (χ1n) is 14.0. The number of H-pyrrole nitrogens is 1. The molecule has 1 aliphatic carbocycles. The Morgan fingerprint density at radius 3 is 2.58 bits per heavy atom. The molecule has 1 atom stereocenters. The number of tetrazole rings is 1. The lowest BCUT2D eigenvalue weighted by Crippen LogP contribution is -2.32. The summed E-state index contributed by atoms with van der Waals surface area (Å²) in [6.45, 7) is 4.34. The lowest BCUT2D eigenvalue weighted by Gasteiger charge is -2.31. The van der Waals surface area contributed by atoms with E-state index in [4.69, 9.17) is 18.9 Å². The van der Waals surface area contributed by atoms with Crippen molar-refractivity contribution in [1.82, 2.24) is 30.1 Å². The molecule has 2 aromatic heterocycles. The summed E-state index contributed by atoms with van der Waals surface area (Å²) in [7, 11) is 0. The molecule has 1 saturated carbocycles. The summed E-state index contributed by atoms with van der Waals surface area (Å²) >= 11 is 0. The Hall–Kier alpha value is -4.12. The van der Waals surface area contributed by atoms with Crippen molar-refractivity contribution in [3.05, 3.63) is 63.7 Å². The first kappa shape index (κ1) is 24.9. The maximum Gasteiger partial charge on any atom is 0.252 e. The molecule has 208 valence electrons. The molecule has 0 unspecified atom stereocenters. The van der Waals surface area contributed by atoms with Crippen molar-refractivity contribution in [2.45, 2.75) is 64.2 Å². The van der Waals surface area contributed by atoms with Crippen LogP contribution in [0.5, 0.6) is 23.0 Å². The summed E-state index contributed by atoms with van der Waals surface area (Å²) in [6.07, 6.45) is 5.31. The number of nitrogens with one attached hydrogen (secondary N) is 1. The van der Waals surface area contributed by atoms with Crippen molar-refractivity contribution >= 4 is 10.9 Å². The molecule has 1 N–H and O–H groups in total. The van der Waals surface area contributed by atoms with Gasteiger partial charge in [-0.25, -0.2) is 4.68 Å². The summed E-state index contributed by atoms with van der Waals surface area (Å²) in [5, 5.41) is 13.9. The normalized spacial score (nSPS) is 17.1. The van der Waals surface area contributed by atoms with Gasteiger partial charge >= 0.3 is 0 Å². The van der Waals surface area contributed by atoms with Gasteiger partial charge in [-0.05, 0) is 59.5 Å². The highest BCUT2D eigenvalue weighted by molar-refractivity contribution is 5.83. The molecule has 0 radical (unpaired) electrons. The molecule has 2 aromatic carbocycles. The van der Waals surface area contributed by atoms with E-state index in [1.165, 1.54) is 12.8 Å². The van der Waals surface area contributed by atoms with E-state index in [1.807, 2.05) is 41.1 Å². The molecule has 7 rings (SSSR count). The van der Waals surface area contributed by atoms with Crippen LogP contribution in [-0.4, -0.2) is 50.1 Å². The van der Waals surface area contributed by atoms with Crippen LogP contribution in [0.15, 0.2) is 41.2 Å². The maximum absolute atomic E-state index is 13.4. The van der Waals surface area contributed by atoms with Crippen LogP contribution in [0, 0.1) is 0 Å². The second kappa shape index (κ2) is 10.5. The van der Waals surface area contributed by atoms with E-state index in [-0.39, 0.29) is 18.4 Å². The number of benzene rings is 2. The van der Waals surface area contributed by atoms with Crippen molar-refractivity contribution in [2.24, 2.45) is 0 Å². The summed E-state index contributed by atoms with van der Waals surface area (Å²) in [5.74, 6) is 3.66. The van der Waals surface area contributed by atoms with Crippen LogP contribution in [-0.2, 0) is 13.1 Å². The monoisotopic (exact) mass is 544 g/mol. The summed E-state index contributed by atoms with van der Waals surface area (Å²) < 4.78 is 24.7. The highest BCUT2D eigenvalue weighted by atomic mass is 16.7. The van der Waals surface area contributed by atoms with Gasteiger partial charge in [0.1, 0.15) is 13.2 Å². The molecule has 0 bridgehead atoms. The minimum absolute atomic E-state index is 0.101. The van der Waals surface area contributed by atoms with Gasteiger partial charge < -0.3 is 23.9 Å². The Bertz CT molecular complexity index is 1590. The first-order valence-corrected chi connectivity index (χ1v) is 14.0. The largest absolute Gasteiger partial charge is 0.486 e. The molecule has 4 aromatic rings. The first-order chi connectivity index (χ1) is 19.7. The van der Waals surface area contributed by atoms with Crippen LogP contribution in [0.4, 0.5) is 0 Å². The molecule has 1 fully saturated rings. The predicted molar refractivity (Wildman–Crippen MR) is 146 cm³/mol. The number of aromatic amines is 1. The summed E-state index contributed by atoms with van der Waals surface area (Å²) in [5.41, 5.74) is 2.30. The highest BCUT2D eigenvalue weighted by Gasteiger charge is 2.30. The molecule has 4 heterocycles. The maximum atomic E-state index is 13.4. The second-order valence-electron chi connectivity index (χ2n) is 10.6. The van der Waals surface area contributed by atoms with Gasteiger partial charge in [0.05, 0.1) is 17.6 Å². The third kappa shape index (κ3) is 4.64. The predicted octanol–water partition coefficient (Wildman–Crippen LogP) is 4.28. The number of nitrogens with zero attached hydrogens (tertiary/aromatic N) is 5.